The number of carbonyl (C=O) groups excluding carboxylic acids is 2. The summed E-state index contributed by atoms with van der Waals surface area (Å²) in [5.41, 5.74) is 1.40. The molecular formula is C12H14O4. The summed E-state index contributed by atoms with van der Waals surface area (Å²) in [4.78, 5) is 22.6. The number of esters is 1. The van der Waals surface area contributed by atoms with Gasteiger partial charge in [-0.15, -0.1) is 0 Å². The van der Waals surface area contributed by atoms with Crippen LogP contribution in [0.15, 0.2) is 24.3 Å². The van der Waals surface area contributed by atoms with Crippen molar-refractivity contribution in [2.24, 2.45) is 0 Å². The van der Waals surface area contributed by atoms with E-state index < -0.39 is 5.97 Å². The zero-order valence-electron chi connectivity index (χ0n) is 9.36. The summed E-state index contributed by atoms with van der Waals surface area (Å²) in [7, 11) is 2.85. The van der Waals surface area contributed by atoms with Gasteiger partial charge in [-0.3, -0.25) is 9.59 Å². The third kappa shape index (κ3) is 3.47. The predicted octanol–water partition coefficient (Wildman–Crippen LogP) is 1.58. The van der Waals surface area contributed by atoms with E-state index in [1.807, 2.05) is 6.07 Å². The molecule has 0 radical (unpaired) electrons. The van der Waals surface area contributed by atoms with Crippen LogP contribution in [0.5, 0.6) is 0 Å². The highest BCUT2D eigenvalue weighted by atomic mass is 16.5. The van der Waals surface area contributed by atoms with Crippen LogP contribution >= 0.6 is 0 Å². The van der Waals surface area contributed by atoms with Crippen LogP contribution in [0, 0.1) is 0 Å². The van der Waals surface area contributed by atoms with Gasteiger partial charge in [0, 0.05) is 12.7 Å². The van der Waals surface area contributed by atoms with Crippen molar-refractivity contribution in [3.63, 3.8) is 0 Å². The van der Waals surface area contributed by atoms with Crippen molar-refractivity contribution in [1.29, 1.82) is 0 Å². The van der Waals surface area contributed by atoms with Crippen molar-refractivity contribution in [3.05, 3.63) is 35.4 Å². The van der Waals surface area contributed by atoms with Crippen LogP contribution in [0.25, 0.3) is 0 Å². The highest BCUT2D eigenvalue weighted by Crippen LogP contribution is 2.09. The van der Waals surface area contributed by atoms with Gasteiger partial charge in [0.15, 0.2) is 5.78 Å². The molecule has 1 rings (SSSR count). The molecule has 0 aliphatic carbocycles. The first-order valence-corrected chi connectivity index (χ1v) is 4.85. The van der Waals surface area contributed by atoms with E-state index in [0.29, 0.717) is 12.2 Å². The molecule has 4 heteroatoms. The largest absolute Gasteiger partial charge is 0.469 e. The quantitative estimate of drug-likeness (QED) is 0.431. The topological polar surface area (TPSA) is 52.6 Å². The van der Waals surface area contributed by atoms with E-state index in [9.17, 15) is 9.59 Å². The number of methoxy groups -OCH3 is 2. The van der Waals surface area contributed by atoms with E-state index in [1.165, 1.54) is 7.11 Å². The summed E-state index contributed by atoms with van der Waals surface area (Å²) in [6.07, 6.45) is -0.229. The van der Waals surface area contributed by atoms with Crippen molar-refractivity contribution in [3.8, 4) is 0 Å². The van der Waals surface area contributed by atoms with Gasteiger partial charge < -0.3 is 9.47 Å². The van der Waals surface area contributed by atoms with Crippen LogP contribution in [-0.4, -0.2) is 26.0 Å². The molecule has 4 nitrogen and oxygen atoms in total. The Morgan fingerprint density at radius 1 is 1.25 bits per heavy atom. The van der Waals surface area contributed by atoms with Crippen LogP contribution in [0.4, 0.5) is 0 Å². The Labute approximate surface area is 94.2 Å². The summed E-state index contributed by atoms with van der Waals surface area (Å²) in [5.74, 6) is -0.771. The average Bonchev–Trinajstić information content (AvgIpc) is 2.29. The molecule has 0 fully saturated rings. The van der Waals surface area contributed by atoms with Gasteiger partial charge in [0.25, 0.3) is 0 Å². The number of hydrogen-bond acceptors (Lipinski definition) is 4. The lowest BCUT2D eigenvalue weighted by Crippen LogP contribution is -2.09. The molecule has 0 aromatic heterocycles. The molecule has 0 saturated carbocycles. The van der Waals surface area contributed by atoms with Gasteiger partial charge in [0.2, 0.25) is 0 Å². The SMILES string of the molecule is COCc1cccc(C(=O)CC(=O)OC)c1. The Kier molecular flexibility index (Phi) is 4.66. The minimum absolute atomic E-state index is 0.229. The second-order valence-corrected chi connectivity index (χ2v) is 3.31. The zero-order chi connectivity index (χ0) is 12.0. The highest BCUT2D eigenvalue weighted by Gasteiger charge is 2.12. The number of ether oxygens (including phenoxy) is 2. The first kappa shape index (κ1) is 12.4. The Hall–Kier alpha value is -1.68. The van der Waals surface area contributed by atoms with Gasteiger partial charge in [0.1, 0.15) is 6.42 Å². The van der Waals surface area contributed by atoms with Crippen molar-refractivity contribution in [2.75, 3.05) is 14.2 Å². The van der Waals surface area contributed by atoms with Crippen molar-refractivity contribution < 1.29 is 19.1 Å². The first-order valence-electron chi connectivity index (χ1n) is 4.85. The third-order valence-electron chi connectivity index (χ3n) is 2.09. The lowest BCUT2D eigenvalue weighted by atomic mass is 10.1. The molecule has 0 unspecified atom stereocenters. The minimum Gasteiger partial charge on any atom is -0.469 e. The first-order chi connectivity index (χ1) is 7.67. The Morgan fingerprint density at radius 2 is 2.00 bits per heavy atom. The normalized spacial score (nSPS) is 9.88. The molecule has 0 amide bonds. The molecule has 16 heavy (non-hydrogen) atoms. The predicted molar refractivity (Wildman–Crippen MR) is 58.1 cm³/mol. The van der Waals surface area contributed by atoms with Gasteiger partial charge in [-0.25, -0.2) is 0 Å². The van der Waals surface area contributed by atoms with Crippen LogP contribution in [0.3, 0.4) is 0 Å². The number of carbonyl (C=O) groups is 2. The summed E-state index contributed by atoms with van der Waals surface area (Å²) in [6.45, 7) is 0.444. The van der Waals surface area contributed by atoms with Crippen molar-refractivity contribution in [2.45, 2.75) is 13.0 Å². The van der Waals surface area contributed by atoms with E-state index >= 15 is 0 Å². The summed E-state index contributed by atoms with van der Waals surface area (Å²) >= 11 is 0. The van der Waals surface area contributed by atoms with Gasteiger partial charge in [-0.05, 0) is 11.6 Å². The van der Waals surface area contributed by atoms with Crippen LogP contribution in [0.1, 0.15) is 22.3 Å². The number of rotatable bonds is 5. The second kappa shape index (κ2) is 6.02. The fraction of sp³-hybridized carbons (Fsp3) is 0.333. The van der Waals surface area contributed by atoms with E-state index in [1.54, 1.807) is 25.3 Å². The molecule has 0 heterocycles. The standard InChI is InChI=1S/C12H14O4/c1-15-8-9-4-3-5-10(6-9)11(13)7-12(14)16-2/h3-6H,7-8H2,1-2H3. The van der Waals surface area contributed by atoms with Crippen LogP contribution in [0.2, 0.25) is 0 Å². The Balaban J connectivity index is 2.75. The van der Waals surface area contributed by atoms with Crippen molar-refractivity contribution in [1.82, 2.24) is 0 Å². The van der Waals surface area contributed by atoms with E-state index in [0.717, 1.165) is 5.56 Å². The van der Waals surface area contributed by atoms with Gasteiger partial charge in [-0.1, -0.05) is 18.2 Å². The molecule has 86 valence electrons. The molecule has 0 N–H and O–H groups in total. The van der Waals surface area contributed by atoms with Crippen LogP contribution < -0.4 is 0 Å². The third-order valence-corrected chi connectivity index (χ3v) is 2.09. The van der Waals surface area contributed by atoms with Crippen LogP contribution in [-0.2, 0) is 20.9 Å². The Morgan fingerprint density at radius 3 is 2.62 bits per heavy atom. The van der Waals surface area contributed by atoms with Gasteiger partial charge >= 0.3 is 5.97 Å². The average molecular weight is 222 g/mol. The number of benzene rings is 1. The highest BCUT2D eigenvalue weighted by molar-refractivity contribution is 6.05. The minimum atomic E-state index is -0.526. The number of hydrogen-bond donors (Lipinski definition) is 0. The van der Waals surface area contributed by atoms with E-state index in [-0.39, 0.29) is 12.2 Å². The van der Waals surface area contributed by atoms with Gasteiger partial charge in [0.05, 0.1) is 13.7 Å². The molecule has 0 aliphatic heterocycles. The Bertz CT molecular complexity index is 384. The summed E-state index contributed by atoms with van der Waals surface area (Å²) in [6, 6.07) is 7.01. The van der Waals surface area contributed by atoms with E-state index in [2.05, 4.69) is 4.74 Å². The number of ketones is 1. The molecular weight excluding hydrogens is 208 g/mol. The second-order valence-electron chi connectivity index (χ2n) is 3.31. The van der Waals surface area contributed by atoms with E-state index in [4.69, 9.17) is 4.74 Å². The fourth-order valence-corrected chi connectivity index (χ4v) is 1.31. The molecule has 1 aromatic carbocycles. The van der Waals surface area contributed by atoms with Crippen molar-refractivity contribution >= 4 is 11.8 Å². The summed E-state index contributed by atoms with van der Waals surface area (Å²) < 4.78 is 9.40. The molecule has 0 saturated heterocycles. The lowest BCUT2D eigenvalue weighted by Gasteiger charge is -2.03. The fourth-order valence-electron chi connectivity index (χ4n) is 1.31. The lowest BCUT2D eigenvalue weighted by molar-refractivity contribution is -0.139. The molecule has 0 aliphatic rings. The molecule has 0 bridgehead atoms. The monoisotopic (exact) mass is 222 g/mol. The maximum atomic E-state index is 11.6. The zero-order valence-corrected chi connectivity index (χ0v) is 9.36. The molecule has 0 atom stereocenters. The maximum absolute atomic E-state index is 11.6. The van der Waals surface area contributed by atoms with Gasteiger partial charge in [-0.2, -0.15) is 0 Å². The molecule has 1 aromatic rings. The smallest absolute Gasteiger partial charge is 0.313 e. The molecule has 0 spiro atoms. The number of Topliss-reactive ketones (excluding diaryl/α,β-unsaturated/α-hetero) is 1. The summed E-state index contributed by atoms with van der Waals surface area (Å²) in [5, 5.41) is 0. The maximum Gasteiger partial charge on any atom is 0.313 e.